The number of thioether (sulfide) groups is 1. The van der Waals surface area contributed by atoms with Crippen LogP contribution in [0.4, 0.5) is 11.4 Å². The Balaban J connectivity index is 1.27. The summed E-state index contributed by atoms with van der Waals surface area (Å²) in [6.07, 6.45) is 0. The molecule has 2 aliphatic heterocycles. The summed E-state index contributed by atoms with van der Waals surface area (Å²) in [6, 6.07) is 20.6. The molecule has 0 bridgehead atoms. The molecule has 40 heavy (non-hydrogen) atoms. The minimum Gasteiger partial charge on any atom is -0.484 e. The highest BCUT2D eigenvalue weighted by atomic mass is 35.5. The molecule has 3 amide bonds. The van der Waals surface area contributed by atoms with Crippen molar-refractivity contribution in [1.82, 2.24) is 4.98 Å². The number of imide groups is 1. The number of anilines is 2. The molecule has 3 atom stereocenters. The number of nitrogens with zero attached hydrogens (tertiary/aromatic N) is 1. The van der Waals surface area contributed by atoms with E-state index in [9.17, 15) is 19.2 Å². The first-order chi connectivity index (χ1) is 19.3. The van der Waals surface area contributed by atoms with Crippen molar-refractivity contribution in [3.05, 3.63) is 103 Å². The van der Waals surface area contributed by atoms with E-state index in [-0.39, 0.29) is 23.3 Å². The summed E-state index contributed by atoms with van der Waals surface area (Å²) in [5, 5.41) is 3.28. The molecule has 2 unspecified atom stereocenters. The van der Waals surface area contributed by atoms with E-state index in [0.29, 0.717) is 42.6 Å². The number of thiazole rings is 1. The number of rotatable bonds is 6. The third-order valence-electron chi connectivity index (χ3n) is 6.63. The molecule has 6 rings (SSSR count). The van der Waals surface area contributed by atoms with Gasteiger partial charge in [0, 0.05) is 16.5 Å². The summed E-state index contributed by atoms with van der Waals surface area (Å²) in [5.41, 5.74) is 1.68. The van der Waals surface area contributed by atoms with Gasteiger partial charge in [-0.1, -0.05) is 76.6 Å². The molecule has 12 heteroatoms. The second kappa shape index (κ2) is 10.8. The average Bonchev–Trinajstić information content (AvgIpc) is 3.44. The number of carbonyl (C=O) groups excluding carboxylic acids is 3. The maximum absolute atomic E-state index is 13.8. The molecule has 8 nitrogen and oxygen atoms in total. The fraction of sp³-hybridized carbons (Fsp3) is 0.143. The lowest BCUT2D eigenvalue weighted by Gasteiger charge is -2.30. The molecule has 202 valence electrons. The van der Waals surface area contributed by atoms with Gasteiger partial charge in [0.25, 0.3) is 5.91 Å². The van der Waals surface area contributed by atoms with Gasteiger partial charge in [0.05, 0.1) is 26.7 Å². The van der Waals surface area contributed by atoms with Gasteiger partial charge in [-0.2, -0.15) is 0 Å². The zero-order chi connectivity index (χ0) is 28.0. The van der Waals surface area contributed by atoms with Gasteiger partial charge in [-0.15, -0.1) is 0 Å². The zero-order valence-corrected chi connectivity index (χ0v) is 23.6. The summed E-state index contributed by atoms with van der Waals surface area (Å²) in [6.45, 7) is -0.280. The second-order valence-corrected chi connectivity index (χ2v) is 12.1. The van der Waals surface area contributed by atoms with Crippen LogP contribution in [0.25, 0.3) is 0 Å². The Kier molecular flexibility index (Phi) is 7.18. The largest absolute Gasteiger partial charge is 0.484 e. The molecule has 0 spiro atoms. The van der Waals surface area contributed by atoms with E-state index < -0.39 is 23.0 Å². The fourth-order valence-electron chi connectivity index (χ4n) is 4.93. The molecule has 3 heterocycles. The smallest absolute Gasteiger partial charge is 0.305 e. The number of benzene rings is 3. The van der Waals surface area contributed by atoms with Gasteiger partial charge in [0.15, 0.2) is 6.61 Å². The number of hydrogen-bond donors (Lipinski definition) is 2. The van der Waals surface area contributed by atoms with E-state index in [2.05, 4.69) is 10.3 Å². The van der Waals surface area contributed by atoms with Crippen LogP contribution in [0.3, 0.4) is 0 Å². The Hall–Kier alpha value is -3.57. The minimum absolute atomic E-state index is 0.256. The standard InChI is InChI=1S/C28H19Cl2N3O5S2/c29-18-10-9-15(12-19(18)30)31-20(34)13-38-17-8-4-5-14(11-17)21-22-24(39-25-23(21)40-28(37)32-25)27(36)33(26(22)35)16-6-2-1-3-7-16/h1-12,21-22,24H,13H2,(H,31,34)(H,32,37)/t21-,22?,24?/m1/s1. The Morgan fingerprint density at radius 1 is 0.950 bits per heavy atom. The van der Waals surface area contributed by atoms with Crippen molar-refractivity contribution < 1.29 is 19.1 Å². The quantitative estimate of drug-likeness (QED) is 0.276. The van der Waals surface area contributed by atoms with Crippen LogP contribution in [0.2, 0.25) is 10.0 Å². The van der Waals surface area contributed by atoms with Crippen LogP contribution in [-0.2, 0) is 14.4 Å². The number of aromatic amines is 1. The second-order valence-electron chi connectivity index (χ2n) is 9.14. The number of carbonyl (C=O) groups is 3. The number of aromatic nitrogens is 1. The van der Waals surface area contributed by atoms with Gasteiger partial charge in [-0.05, 0) is 48.0 Å². The predicted molar refractivity (Wildman–Crippen MR) is 156 cm³/mol. The minimum atomic E-state index is -0.718. The molecule has 0 saturated carbocycles. The Morgan fingerprint density at radius 3 is 2.52 bits per heavy atom. The lowest BCUT2D eigenvalue weighted by molar-refractivity contribution is -0.122. The average molecular weight is 613 g/mol. The molecule has 4 aromatic rings. The summed E-state index contributed by atoms with van der Waals surface area (Å²) >= 11 is 14.2. The Labute approximate surface area is 246 Å². The number of halogens is 2. The van der Waals surface area contributed by atoms with E-state index >= 15 is 0 Å². The van der Waals surface area contributed by atoms with Crippen molar-refractivity contribution in [3.8, 4) is 5.75 Å². The third kappa shape index (κ3) is 4.92. The molecule has 1 aromatic heterocycles. The highest BCUT2D eigenvalue weighted by Crippen LogP contribution is 2.53. The number of H-pyrrole nitrogens is 1. The zero-order valence-electron chi connectivity index (χ0n) is 20.4. The van der Waals surface area contributed by atoms with Crippen molar-refractivity contribution in [2.45, 2.75) is 16.2 Å². The van der Waals surface area contributed by atoms with Crippen LogP contribution in [0.1, 0.15) is 16.4 Å². The van der Waals surface area contributed by atoms with Gasteiger partial charge in [-0.3, -0.25) is 19.2 Å². The third-order valence-corrected chi connectivity index (χ3v) is 9.77. The first-order valence-corrected chi connectivity index (χ1v) is 14.6. The van der Waals surface area contributed by atoms with Gasteiger partial charge in [0.2, 0.25) is 11.8 Å². The van der Waals surface area contributed by atoms with Gasteiger partial charge in [-0.25, -0.2) is 4.90 Å². The molecule has 1 fully saturated rings. The normalized spacial score (nSPS) is 19.8. The van der Waals surface area contributed by atoms with Crippen LogP contribution in [0.5, 0.6) is 5.75 Å². The van der Waals surface area contributed by atoms with E-state index in [4.69, 9.17) is 27.9 Å². The molecule has 2 N–H and O–H groups in total. The van der Waals surface area contributed by atoms with Crippen LogP contribution in [0.15, 0.2) is 82.6 Å². The SMILES string of the molecule is O=C(COc1cccc([C@H]2c3sc(=O)[nH]c3SC3C(=O)N(c4ccccc4)C(=O)C32)c1)Nc1ccc(Cl)c(Cl)c1. The van der Waals surface area contributed by atoms with E-state index in [0.717, 1.165) is 11.3 Å². The molecular formula is C28H19Cl2N3O5S2. The topological polar surface area (TPSA) is 109 Å². The predicted octanol–water partition coefficient (Wildman–Crippen LogP) is 5.56. The summed E-state index contributed by atoms with van der Waals surface area (Å²) in [7, 11) is 0. The molecule has 2 aliphatic rings. The van der Waals surface area contributed by atoms with Crippen molar-refractivity contribution >= 4 is 75.4 Å². The summed E-state index contributed by atoms with van der Waals surface area (Å²) in [5.74, 6) is -1.91. The van der Waals surface area contributed by atoms with Gasteiger partial charge >= 0.3 is 4.87 Å². The first kappa shape index (κ1) is 26.6. The lowest BCUT2D eigenvalue weighted by atomic mass is 9.83. The molecule has 1 saturated heterocycles. The first-order valence-electron chi connectivity index (χ1n) is 12.1. The number of amides is 3. The summed E-state index contributed by atoms with van der Waals surface area (Å²) < 4.78 is 5.76. The van der Waals surface area contributed by atoms with E-state index in [1.807, 2.05) is 12.1 Å². The van der Waals surface area contributed by atoms with Crippen LogP contribution >= 0.6 is 46.3 Å². The van der Waals surface area contributed by atoms with Gasteiger partial charge in [0.1, 0.15) is 11.0 Å². The van der Waals surface area contributed by atoms with Gasteiger partial charge < -0.3 is 15.0 Å². The monoisotopic (exact) mass is 611 g/mol. The van der Waals surface area contributed by atoms with Crippen molar-refractivity contribution in [2.75, 3.05) is 16.8 Å². The van der Waals surface area contributed by atoms with Crippen molar-refractivity contribution in [2.24, 2.45) is 5.92 Å². The van der Waals surface area contributed by atoms with Crippen LogP contribution < -0.4 is 19.8 Å². The van der Waals surface area contributed by atoms with Crippen molar-refractivity contribution in [3.63, 3.8) is 0 Å². The highest BCUT2D eigenvalue weighted by molar-refractivity contribution is 8.00. The number of ether oxygens (including phenoxy) is 1. The van der Waals surface area contributed by atoms with Crippen LogP contribution in [-0.4, -0.2) is 34.6 Å². The summed E-state index contributed by atoms with van der Waals surface area (Å²) in [4.78, 5) is 56.6. The number of nitrogens with one attached hydrogen (secondary N) is 2. The lowest BCUT2D eigenvalue weighted by Crippen LogP contribution is -2.32. The van der Waals surface area contributed by atoms with Crippen molar-refractivity contribution in [1.29, 1.82) is 0 Å². The van der Waals surface area contributed by atoms with E-state index in [1.54, 1.807) is 60.7 Å². The Bertz CT molecular complexity index is 1710. The maximum atomic E-state index is 13.8. The molecular weight excluding hydrogens is 593 g/mol. The number of hydrogen-bond acceptors (Lipinski definition) is 7. The fourth-order valence-corrected chi connectivity index (χ4v) is 7.74. The van der Waals surface area contributed by atoms with Crippen LogP contribution in [0, 0.1) is 5.92 Å². The molecule has 3 aromatic carbocycles. The Morgan fingerprint density at radius 2 is 1.75 bits per heavy atom. The molecule has 0 radical (unpaired) electrons. The number of para-hydroxylation sites is 1. The molecule has 0 aliphatic carbocycles. The highest BCUT2D eigenvalue weighted by Gasteiger charge is 2.56. The number of fused-ring (bicyclic) bond motifs is 2. The maximum Gasteiger partial charge on any atom is 0.305 e. The van der Waals surface area contributed by atoms with E-state index in [1.165, 1.54) is 16.7 Å².